The second-order valence-electron chi connectivity index (χ2n) is 4.09. The molecule has 0 saturated carbocycles. The molecule has 4 heteroatoms. The molecule has 0 saturated heterocycles. The van der Waals surface area contributed by atoms with Crippen LogP contribution in [0.15, 0.2) is 30.3 Å². The second kappa shape index (κ2) is 4.01. The standard InChI is InChI=1S/C14H10ClN3/c1-2-9-7-13(15)18-12-6-4-3-5-11(12)17-14(18)10(9)8-16/h3-7H,2H2,1H3. The van der Waals surface area contributed by atoms with Crippen LogP contribution in [0.3, 0.4) is 0 Å². The Kier molecular flexibility index (Phi) is 2.46. The van der Waals surface area contributed by atoms with Gasteiger partial charge < -0.3 is 0 Å². The van der Waals surface area contributed by atoms with Gasteiger partial charge in [0.2, 0.25) is 0 Å². The maximum atomic E-state index is 9.32. The molecule has 0 bridgehead atoms. The number of hydrogen-bond acceptors (Lipinski definition) is 2. The molecule has 3 aromatic rings. The average molecular weight is 256 g/mol. The van der Waals surface area contributed by atoms with Crippen molar-refractivity contribution in [1.82, 2.24) is 9.38 Å². The lowest BCUT2D eigenvalue weighted by molar-refractivity contribution is 1.09. The highest BCUT2D eigenvalue weighted by Gasteiger charge is 2.14. The van der Waals surface area contributed by atoms with E-state index >= 15 is 0 Å². The number of nitrogens with zero attached hydrogens (tertiary/aromatic N) is 3. The largest absolute Gasteiger partial charge is 0.282 e. The molecule has 0 N–H and O–H groups in total. The van der Waals surface area contributed by atoms with Crippen molar-refractivity contribution in [3.8, 4) is 6.07 Å². The molecular weight excluding hydrogens is 246 g/mol. The van der Waals surface area contributed by atoms with E-state index in [1.54, 1.807) is 0 Å². The number of fused-ring (bicyclic) bond motifs is 3. The van der Waals surface area contributed by atoms with Gasteiger partial charge in [-0.15, -0.1) is 0 Å². The maximum Gasteiger partial charge on any atom is 0.157 e. The smallest absolute Gasteiger partial charge is 0.157 e. The summed E-state index contributed by atoms with van der Waals surface area (Å²) in [6.45, 7) is 2.01. The molecule has 0 aliphatic rings. The third kappa shape index (κ3) is 1.40. The maximum absolute atomic E-state index is 9.32. The summed E-state index contributed by atoms with van der Waals surface area (Å²) in [4.78, 5) is 4.51. The number of benzene rings is 1. The van der Waals surface area contributed by atoms with Crippen LogP contribution in [-0.4, -0.2) is 9.38 Å². The molecule has 0 unspecified atom stereocenters. The van der Waals surface area contributed by atoms with Crippen molar-refractivity contribution in [1.29, 1.82) is 5.26 Å². The van der Waals surface area contributed by atoms with Gasteiger partial charge in [0, 0.05) is 0 Å². The normalized spacial score (nSPS) is 10.9. The Bertz CT molecular complexity index is 796. The van der Waals surface area contributed by atoms with E-state index in [0.717, 1.165) is 23.0 Å². The van der Waals surface area contributed by atoms with Gasteiger partial charge in [-0.2, -0.15) is 5.26 Å². The summed E-state index contributed by atoms with van der Waals surface area (Å²) in [5.41, 5.74) is 3.97. The minimum atomic E-state index is 0.592. The fraction of sp³-hybridized carbons (Fsp3) is 0.143. The predicted molar refractivity (Wildman–Crippen MR) is 71.8 cm³/mol. The van der Waals surface area contributed by atoms with Crippen LogP contribution in [0.25, 0.3) is 16.7 Å². The van der Waals surface area contributed by atoms with E-state index < -0.39 is 0 Å². The molecule has 18 heavy (non-hydrogen) atoms. The van der Waals surface area contributed by atoms with Crippen LogP contribution >= 0.6 is 11.6 Å². The third-order valence-corrected chi connectivity index (χ3v) is 3.38. The number of aryl methyl sites for hydroxylation is 1. The van der Waals surface area contributed by atoms with Gasteiger partial charge in [0.15, 0.2) is 5.65 Å². The monoisotopic (exact) mass is 255 g/mol. The Balaban J connectivity index is 2.59. The summed E-state index contributed by atoms with van der Waals surface area (Å²) in [5.74, 6) is 0. The van der Waals surface area contributed by atoms with Crippen molar-refractivity contribution in [3.63, 3.8) is 0 Å². The summed E-state index contributed by atoms with van der Waals surface area (Å²) >= 11 is 6.30. The van der Waals surface area contributed by atoms with Gasteiger partial charge in [-0.3, -0.25) is 4.40 Å². The zero-order chi connectivity index (χ0) is 12.7. The molecular formula is C14H10ClN3. The van der Waals surface area contributed by atoms with E-state index in [4.69, 9.17) is 11.6 Å². The Morgan fingerprint density at radius 3 is 2.89 bits per heavy atom. The van der Waals surface area contributed by atoms with Gasteiger partial charge in [0.05, 0.1) is 16.6 Å². The van der Waals surface area contributed by atoms with Crippen molar-refractivity contribution < 1.29 is 0 Å². The first kappa shape index (κ1) is 11.1. The van der Waals surface area contributed by atoms with E-state index in [2.05, 4.69) is 11.1 Å². The summed E-state index contributed by atoms with van der Waals surface area (Å²) < 4.78 is 1.83. The topological polar surface area (TPSA) is 41.1 Å². The van der Waals surface area contributed by atoms with Crippen LogP contribution in [-0.2, 0) is 6.42 Å². The van der Waals surface area contributed by atoms with Gasteiger partial charge in [-0.1, -0.05) is 30.7 Å². The SMILES string of the molecule is CCc1cc(Cl)n2c(nc3ccccc32)c1C#N. The molecule has 0 radical (unpaired) electrons. The van der Waals surface area contributed by atoms with E-state index in [1.165, 1.54) is 0 Å². The lowest BCUT2D eigenvalue weighted by atomic mass is 10.1. The zero-order valence-electron chi connectivity index (χ0n) is 9.81. The number of imidazole rings is 1. The molecule has 2 heterocycles. The number of halogens is 1. The molecule has 0 amide bonds. The Labute approximate surface area is 109 Å². The minimum Gasteiger partial charge on any atom is -0.282 e. The first-order valence-corrected chi connectivity index (χ1v) is 6.12. The first-order valence-electron chi connectivity index (χ1n) is 5.75. The van der Waals surface area contributed by atoms with Crippen LogP contribution in [0.4, 0.5) is 0 Å². The third-order valence-electron chi connectivity index (χ3n) is 3.11. The quantitative estimate of drug-likeness (QED) is 0.624. The lowest BCUT2D eigenvalue weighted by Crippen LogP contribution is -1.96. The van der Waals surface area contributed by atoms with E-state index in [9.17, 15) is 5.26 Å². The van der Waals surface area contributed by atoms with Gasteiger partial charge in [-0.25, -0.2) is 4.98 Å². The number of pyridine rings is 1. The van der Waals surface area contributed by atoms with Gasteiger partial charge in [-0.05, 0) is 30.2 Å². The second-order valence-corrected chi connectivity index (χ2v) is 4.48. The van der Waals surface area contributed by atoms with E-state index in [0.29, 0.717) is 16.4 Å². The molecule has 3 nitrogen and oxygen atoms in total. The molecule has 0 aliphatic heterocycles. The Morgan fingerprint density at radius 2 is 2.17 bits per heavy atom. The van der Waals surface area contributed by atoms with Crippen LogP contribution in [0.5, 0.6) is 0 Å². The molecule has 0 aliphatic carbocycles. The number of rotatable bonds is 1. The number of para-hydroxylation sites is 2. The summed E-state index contributed by atoms with van der Waals surface area (Å²) in [6.07, 6.45) is 0.766. The van der Waals surface area contributed by atoms with Crippen LogP contribution < -0.4 is 0 Å². The Hall–Kier alpha value is -2.05. The Morgan fingerprint density at radius 1 is 1.39 bits per heavy atom. The van der Waals surface area contributed by atoms with Crippen molar-refractivity contribution in [2.45, 2.75) is 13.3 Å². The van der Waals surface area contributed by atoms with Gasteiger partial charge >= 0.3 is 0 Å². The van der Waals surface area contributed by atoms with E-state index in [1.807, 2.05) is 41.7 Å². The van der Waals surface area contributed by atoms with Gasteiger partial charge in [0.25, 0.3) is 0 Å². The predicted octanol–water partition coefficient (Wildman–Crippen LogP) is 3.57. The summed E-state index contributed by atoms with van der Waals surface area (Å²) in [6, 6.07) is 11.8. The molecule has 1 aromatic carbocycles. The molecule has 0 spiro atoms. The number of aromatic nitrogens is 2. The number of nitriles is 1. The van der Waals surface area contributed by atoms with E-state index in [-0.39, 0.29) is 0 Å². The minimum absolute atomic E-state index is 0.592. The summed E-state index contributed by atoms with van der Waals surface area (Å²) in [5, 5.41) is 9.91. The molecule has 0 atom stereocenters. The molecule has 2 aromatic heterocycles. The van der Waals surface area contributed by atoms with Crippen molar-refractivity contribution in [3.05, 3.63) is 46.6 Å². The van der Waals surface area contributed by atoms with Gasteiger partial charge in [0.1, 0.15) is 11.2 Å². The van der Waals surface area contributed by atoms with Crippen molar-refractivity contribution in [2.75, 3.05) is 0 Å². The van der Waals surface area contributed by atoms with Crippen LogP contribution in [0, 0.1) is 11.3 Å². The highest BCUT2D eigenvalue weighted by molar-refractivity contribution is 6.30. The highest BCUT2D eigenvalue weighted by atomic mass is 35.5. The van der Waals surface area contributed by atoms with Crippen LogP contribution in [0.1, 0.15) is 18.1 Å². The van der Waals surface area contributed by atoms with Crippen LogP contribution in [0.2, 0.25) is 5.15 Å². The summed E-state index contributed by atoms with van der Waals surface area (Å²) in [7, 11) is 0. The lowest BCUT2D eigenvalue weighted by Gasteiger charge is -2.05. The zero-order valence-corrected chi connectivity index (χ0v) is 10.6. The number of hydrogen-bond donors (Lipinski definition) is 0. The van der Waals surface area contributed by atoms with Crippen molar-refractivity contribution in [2.24, 2.45) is 0 Å². The first-order chi connectivity index (χ1) is 8.76. The average Bonchev–Trinajstić information content (AvgIpc) is 2.78. The molecule has 3 rings (SSSR count). The molecule has 88 valence electrons. The fourth-order valence-corrected chi connectivity index (χ4v) is 2.54. The molecule has 0 fully saturated rings. The highest BCUT2D eigenvalue weighted by Crippen LogP contribution is 2.26. The van der Waals surface area contributed by atoms with Crippen molar-refractivity contribution >= 4 is 28.3 Å². The fourth-order valence-electron chi connectivity index (χ4n) is 2.23.